The number of aromatic nitrogens is 4. The highest BCUT2D eigenvalue weighted by Gasteiger charge is 2.38. The van der Waals surface area contributed by atoms with Gasteiger partial charge in [0.2, 0.25) is 88.6 Å². The fraction of sp³-hybridized carbons (Fsp3) is 0.662. The zero-order valence-corrected chi connectivity index (χ0v) is 63.6. The molecule has 2 heterocycles. The average Bonchev–Trinajstić information content (AvgIpc) is 0.891. The molecule has 0 spiro atoms. The van der Waals surface area contributed by atoms with Crippen LogP contribution < -0.4 is 85.9 Å². The van der Waals surface area contributed by atoms with Crippen LogP contribution in [-0.4, -0.2) is 234 Å². The van der Waals surface area contributed by atoms with Crippen LogP contribution in [-0.2, 0) is 94.3 Å². The number of nitrogens with two attached hydrogens (primary N) is 2. The molecule has 15 atom stereocenters. The monoisotopic (exact) mass is 1530 g/mol. The SMILES string of the molecule is CC[C@H](C)[C@H](NC(=O)[C@H](CCC(=O)O)NC(=O)[C@H](C)NC(=O)[C@H](C)NC(=O)[C@H](Cc1cnc[nH]1)NC(=O)[C@H](CC(N)=O)NC(=O)CNC(=O)[C@H](C)NC(=O)CNC(=O)[C@H](Cc1cnc[nH]1)NC(=O)[C@H](CC(C)C)NC(=O)[C@@H](N)CC(C)C)C(=O)N[C@@H](CC(C)C)C(=O)N[C@H](C(=O)N[C@@H](CC(C)C)C(=O)O)[C@@H](C)O. The number of aliphatic carboxylic acids is 2. The maximum absolute atomic E-state index is 14.2. The predicted molar refractivity (Wildman–Crippen MR) is 386 cm³/mol. The van der Waals surface area contributed by atoms with E-state index in [2.05, 4.69) is 94.4 Å². The molecule has 40 heteroatoms. The molecular weight excluding hydrogens is 1420 g/mol. The molecule has 0 unspecified atom stereocenters. The Kier molecular flexibility index (Phi) is 40.1. The number of carbonyl (C=O) groups is 17. The molecule has 0 fully saturated rings. The fourth-order valence-electron chi connectivity index (χ4n) is 10.6. The Morgan fingerprint density at radius 2 is 0.796 bits per heavy atom. The lowest BCUT2D eigenvalue weighted by Gasteiger charge is -2.30. The highest BCUT2D eigenvalue weighted by molar-refractivity contribution is 6.00. The summed E-state index contributed by atoms with van der Waals surface area (Å²) in [5.41, 5.74) is 12.2. The topological polar surface area (TPSA) is 629 Å². The van der Waals surface area contributed by atoms with Gasteiger partial charge in [-0.05, 0) is 89.4 Å². The van der Waals surface area contributed by atoms with E-state index in [4.69, 9.17) is 11.5 Å². The summed E-state index contributed by atoms with van der Waals surface area (Å²) in [6, 6.07) is -18.6. The summed E-state index contributed by atoms with van der Waals surface area (Å²) in [5.74, 6) is -18.1. The van der Waals surface area contributed by atoms with Crippen LogP contribution in [0, 0.1) is 29.6 Å². The number of aromatic amines is 2. The molecule has 2 aromatic rings. The second-order valence-corrected chi connectivity index (χ2v) is 28.4. The van der Waals surface area contributed by atoms with Crippen molar-refractivity contribution in [2.45, 2.75) is 246 Å². The number of rotatable bonds is 49. The van der Waals surface area contributed by atoms with Gasteiger partial charge in [-0.3, -0.25) is 76.7 Å². The van der Waals surface area contributed by atoms with E-state index < -0.39 is 223 Å². The van der Waals surface area contributed by atoms with Gasteiger partial charge in [0.1, 0.15) is 72.5 Å². The Morgan fingerprint density at radius 3 is 1.26 bits per heavy atom. The molecule has 0 aliphatic carbocycles. The molecule has 2 rings (SSSR count). The summed E-state index contributed by atoms with van der Waals surface area (Å²) in [4.78, 5) is 240. The molecule has 108 heavy (non-hydrogen) atoms. The van der Waals surface area contributed by atoms with Gasteiger partial charge in [-0.25, -0.2) is 14.8 Å². The Hall–Kier alpha value is -10.7. The lowest BCUT2D eigenvalue weighted by molar-refractivity contribution is -0.143. The molecule has 604 valence electrons. The maximum atomic E-state index is 14.2. The number of nitrogens with zero attached hydrogens (tertiary/aromatic N) is 2. The molecule has 0 saturated heterocycles. The van der Waals surface area contributed by atoms with Crippen molar-refractivity contribution in [1.82, 2.24) is 94.4 Å². The van der Waals surface area contributed by atoms with Crippen molar-refractivity contribution in [2.24, 2.45) is 41.1 Å². The van der Waals surface area contributed by atoms with E-state index in [0.717, 1.165) is 0 Å². The van der Waals surface area contributed by atoms with E-state index in [1.807, 2.05) is 27.7 Å². The lowest BCUT2D eigenvalue weighted by atomic mass is 9.96. The van der Waals surface area contributed by atoms with Gasteiger partial charge in [-0.1, -0.05) is 75.7 Å². The highest BCUT2D eigenvalue weighted by Crippen LogP contribution is 2.15. The van der Waals surface area contributed by atoms with Crippen LogP contribution in [0.4, 0.5) is 0 Å². The first-order valence-electron chi connectivity index (χ1n) is 35.7. The van der Waals surface area contributed by atoms with Gasteiger partial charge in [0.05, 0.1) is 44.3 Å². The zero-order valence-electron chi connectivity index (χ0n) is 63.6. The number of hydrogen-bond donors (Lipinski definition) is 21. The molecule has 0 aliphatic heterocycles. The van der Waals surface area contributed by atoms with E-state index in [-0.39, 0.29) is 67.9 Å². The van der Waals surface area contributed by atoms with Crippen molar-refractivity contribution in [3.63, 3.8) is 0 Å². The van der Waals surface area contributed by atoms with Crippen LogP contribution in [0.1, 0.15) is 160 Å². The summed E-state index contributed by atoms with van der Waals surface area (Å²) in [6.07, 6.45) is 1.99. The van der Waals surface area contributed by atoms with Gasteiger partial charge < -0.3 is 111 Å². The fourth-order valence-corrected chi connectivity index (χ4v) is 10.6. The normalized spacial score (nSPS) is 15.4. The van der Waals surface area contributed by atoms with Gasteiger partial charge in [0, 0.05) is 43.0 Å². The van der Waals surface area contributed by atoms with E-state index in [1.165, 1.54) is 52.7 Å². The third kappa shape index (κ3) is 34.7. The number of primary amides is 1. The summed E-state index contributed by atoms with van der Waals surface area (Å²) in [7, 11) is 0. The van der Waals surface area contributed by atoms with E-state index in [1.54, 1.807) is 41.5 Å². The molecule has 2 aromatic heterocycles. The molecule has 0 saturated carbocycles. The maximum Gasteiger partial charge on any atom is 0.326 e. The van der Waals surface area contributed by atoms with Gasteiger partial charge >= 0.3 is 11.9 Å². The molecule has 15 amide bonds. The van der Waals surface area contributed by atoms with Crippen LogP contribution in [0.5, 0.6) is 0 Å². The average molecular weight is 1530 g/mol. The van der Waals surface area contributed by atoms with Crippen molar-refractivity contribution < 1.29 is 96.8 Å². The van der Waals surface area contributed by atoms with E-state index in [0.29, 0.717) is 12.1 Å². The Balaban J connectivity index is 2.20. The van der Waals surface area contributed by atoms with Crippen LogP contribution in [0.2, 0.25) is 0 Å². The molecule has 0 bridgehead atoms. The Labute approximate surface area is 625 Å². The van der Waals surface area contributed by atoms with Gasteiger partial charge in [0.25, 0.3) is 0 Å². The standard InChI is InChI=1S/C68H112N20O20/c1-15-35(10)54(66(105)85-45(20-33(6)7)65(104)88-55(39(14)89)67(106)86-49(68(107)108)21-34(8)9)87-61(100)43(16-17-53(93)94)81-58(97)38(13)78-57(96)37(12)79-62(101)47(23-41-26-72-30-76-41)84-64(103)48(24-50(70)90)80-52(92)28-73-56(95)36(11)77-51(91)27-74-60(99)46(22-40-25-71-29-75-40)83-63(102)44(19-32(4)5)82-59(98)42(69)18-31(2)3/h25-26,29-39,42-49,54-55,89H,15-24,27-28,69H2,1-14H3,(H2,70,90)(H,71,75)(H,72,76)(H,73,95)(H,74,99)(H,77,91)(H,78,96)(H,79,101)(H,80,92)(H,81,97)(H,82,98)(H,83,102)(H,84,103)(H,85,105)(H,86,106)(H,87,100)(H,88,104)(H,93,94)(H,107,108)/t35-,36-,37-,38-,39+,42-,43-,44-,45-,46-,47-,48-,49-,54-,55-/m0/s1. The number of imidazole rings is 2. The number of aliphatic hydroxyl groups excluding tert-OH is 1. The number of carbonyl (C=O) groups excluding carboxylic acids is 15. The van der Waals surface area contributed by atoms with Crippen LogP contribution in [0.25, 0.3) is 0 Å². The smallest absolute Gasteiger partial charge is 0.326 e. The van der Waals surface area contributed by atoms with Crippen LogP contribution in [0.15, 0.2) is 25.0 Å². The zero-order chi connectivity index (χ0) is 82.0. The molecule has 23 N–H and O–H groups in total. The molecule has 40 nitrogen and oxygen atoms in total. The molecule has 0 aromatic carbocycles. The second-order valence-electron chi connectivity index (χ2n) is 28.4. The third-order valence-electron chi connectivity index (χ3n) is 16.6. The van der Waals surface area contributed by atoms with Gasteiger partial charge in [0.15, 0.2) is 0 Å². The number of nitrogens with one attached hydrogen (secondary N) is 16. The van der Waals surface area contributed by atoms with E-state index >= 15 is 0 Å². The second kappa shape index (κ2) is 46.4. The van der Waals surface area contributed by atoms with Crippen LogP contribution >= 0.6 is 0 Å². The number of amides is 15. The third-order valence-corrected chi connectivity index (χ3v) is 16.6. The first-order valence-corrected chi connectivity index (χ1v) is 35.7. The molecular formula is C68H112N20O20. The summed E-state index contributed by atoms with van der Waals surface area (Å²) in [6.45, 7) is 20.8. The molecule has 0 radical (unpaired) electrons. The lowest BCUT2D eigenvalue weighted by Crippen LogP contribution is -2.62. The first kappa shape index (κ1) is 93.4. The minimum Gasteiger partial charge on any atom is -0.481 e. The largest absolute Gasteiger partial charge is 0.481 e. The number of H-pyrrole nitrogens is 2. The minimum absolute atomic E-state index is 0.0289. The predicted octanol–water partition coefficient (Wildman–Crippen LogP) is -5.21. The van der Waals surface area contributed by atoms with Gasteiger partial charge in [-0.2, -0.15) is 0 Å². The summed E-state index contributed by atoms with van der Waals surface area (Å²) < 4.78 is 0. The quantitative estimate of drug-likeness (QED) is 0.0294. The minimum atomic E-state index is -1.80. The van der Waals surface area contributed by atoms with Crippen molar-refractivity contribution in [3.05, 3.63) is 36.4 Å². The summed E-state index contributed by atoms with van der Waals surface area (Å²) in [5, 5.41) is 63.8. The number of carboxylic acid groups (broad SMARTS) is 2. The highest BCUT2D eigenvalue weighted by atomic mass is 16.4. The van der Waals surface area contributed by atoms with Crippen molar-refractivity contribution in [2.75, 3.05) is 13.1 Å². The first-order chi connectivity index (χ1) is 50.4. The van der Waals surface area contributed by atoms with Crippen LogP contribution in [0.3, 0.4) is 0 Å². The van der Waals surface area contributed by atoms with Crippen molar-refractivity contribution in [1.29, 1.82) is 0 Å². The Morgan fingerprint density at radius 1 is 0.417 bits per heavy atom. The van der Waals surface area contributed by atoms with Crippen molar-refractivity contribution >= 4 is 101 Å². The number of carboxylic acids is 2. The van der Waals surface area contributed by atoms with Crippen molar-refractivity contribution in [3.8, 4) is 0 Å². The van der Waals surface area contributed by atoms with Gasteiger partial charge in [-0.15, -0.1) is 0 Å². The summed E-state index contributed by atoms with van der Waals surface area (Å²) >= 11 is 0. The number of aliphatic hydroxyl groups is 1. The Bertz CT molecular complexity index is 3390. The molecule has 0 aliphatic rings. The van der Waals surface area contributed by atoms with E-state index in [9.17, 15) is 96.8 Å². The number of hydrogen-bond acceptors (Lipinski definition) is 21.